The molecule has 4 N–H and O–H groups in total. The number of carboxylic acid groups (broad SMARTS) is 1. The molecule has 1 aliphatic rings. The standard InChI is InChI=1S/C23H24N4O4S/c1-31-25-17-7-9-18(10-8-17)26-11-13-27(14-12-26)23(30)24-19-15-20(32-21(19)22(28)29)16-5-3-2-4-6-16/h2-10,15,25H,11-14H2,1H3,(H,24,30)(H,28,29)/p+1. The quantitative estimate of drug-likeness (QED) is 0.393. The topological polar surface area (TPSA) is 98.7 Å². The van der Waals surface area contributed by atoms with Crippen molar-refractivity contribution >= 4 is 40.4 Å². The summed E-state index contributed by atoms with van der Waals surface area (Å²) in [4.78, 5) is 34.5. The smallest absolute Gasteiger partial charge is 0.348 e. The van der Waals surface area contributed by atoms with Gasteiger partial charge in [-0.2, -0.15) is 5.48 Å². The second kappa shape index (κ2) is 9.82. The van der Waals surface area contributed by atoms with Crippen molar-refractivity contribution in [3.05, 3.63) is 65.5 Å². The highest BCUT2D eigenvalue weighted by atomic mass is 32.1. The fourth-order valence-electron chi connectivity index (χ4n) is 3.65. The first-order chi connectivity index (χ1) is 15.5. The summed E-state index contributed by atoms with van der Waals surface area (Å²) in [6, 6.07) is 19.1. The van der Waals surface area contributed by atoms with Crippen molar-refractivity contribution in [1.29, 1.82) is 0 Å². The Morgan fingerprint density at radius 2 is 1.72 bits per heavy atom. The molecule has 0 saturated carbocycles. The van der Waals surface area contributed by atoms with Crippen LogP contribution >= 0.6 is 11.3 Å². The van der Waals surface area contributed by atoms with Gasteiger partial charge in [-0.25, -0.2) is 14.4 Å². The molecule has 1 saturated heterocycles. The Bertz CT molecular complexity index is 1080. The van der Waals surface area contributed by atoms with Gasteiger partial charge >= 0.3 is 12.0 Å². The summed E-state index contributed by atoms with van der Waals surface area (Å²) in [7, 11) is 1.62. The van der Waals surface area contributed by atoms with Gasteiger partial charge in [-0.15, -0.1) is 11.3 Å². The van der Waals surface area contributed by atoms with Crippen LogP contribution in [0.1, 0.15) is 9.67 Å². The number of hydrogen-bond donors (Lipinski definition) is 3. The monoisotopic (exact) mass is 453 g/mol. The number of nitrogens with zero attached hydrogens (tertiary/aromatic N) is 2. The predicted octanol–water partition coefficient (Wildman–Crippen LogP) is 3.22. The highest BCUT2D eigenvalue weighted by molar-refractivity contribution is 7.18. The number of rotatable bonds is 6. The van der Waals surface area contributed by atoms with Gasteiger partial charge in [0.05, 0.1) is 12.8 Å². The van der Waals surface area contributed by atoms with E-state index in [4.69, 9.17) is 4.84 Å². The van der Waals surface area contributed by atoms with E-state index in [1.54, 1.807) is 23.6 Å². The first kappa shape index (κ1) is 21.8. The molecule has 0 radical (unpaired) electrons. The number of urea groups is 1. The molecule has 0 atom stereocenters. The van der Waals surface area contributed by atoms with Crippen LogP contribution in [0, 0.1) is 0 Å². The zero-order valence-corrected chi connectivity index (χ0v) is 18.5. The third-order valence-electron chi connectivity index (χ3n) is 5.31. The number of carbonyl (C=O) groups is 2. The molecule has 0 bridgehead atoms. The van der Waals surface area contributed by atoms with Crippen molar-refractivity contribution in [2.75, 3.05) is 43.5 Å². The van der Waals surface area contributed by atoms with E-state index in [0.29, 0.717) is 31.9 Å². The van der Waals surface area contributed by atoms with E-state index in [9.17, 15) is 14.7 Å². The van der Waals surface area contributed by atoms with Crippen LogP contribution in [0.5, 0.6) is 0 Å². The molecule has 2 amide bonds. The number of nitrogens with two attached hydrogens (primary N) is 1. The van der Waals surface area contributed by atoms with Gasteiger partial charge in [-0.05, 0) is 23.8 Å². The molecule has 3 aromatic rings. The normalized spacial score (nSPS) is 13.8. The van der Waals surface area contributed by atoms with Crippen LogP contribution in [0.2, 0.25) is 0 Å². The van der Waals surface area contributed by atoms with Crippen molar-refractivity contribution in [3.63, 3.8) is 0 Å². The summed E-state index contributed by atoms with van der Waals surface area (Å²) in [6.45, 7) is 2.50. The first-order valence-electron chi connectivity index (χ1n) is 10.2. The minimum atomic E-state index is -1.05. The number of benzene rings is 2. The molecule has 1 aromatic heterocycles. The van der Waals surface area contributed by atoms with Crippen molar-refractivity contribution in [3.8, 4) is 10.4 Å². The Labute approximate surface area is 190 Å². The van der Waals surface area contributed by atoms with Gasteiger partial charge in [-0.1, -0.05) is 30.3 Å². The Morgan fingerprint density at radius 1 is 1.03 bits per heavy atom. The predicted molar refractivity (Wildman–Crippen MR) is 125 cm³/mol. The van der Waals surface area contributed by atoms with Gasteiger partial charge in [0.25, 0.3) is 0 Å². The average molecular weight is 454 g/mol. The number of anilines is 2. The first-order valence-corrected chi connectivity index (χ1v) is 11.1. The van der Waals surface area contributed by atoms with E-state index >= 15 is 0 Å². The Kier molecular flexibility index (Phi) is 6.69. The van der Waals surface area contributed by atoms with Crippen molar-refractivity contribution < 1.29 is 25.0 Å². The van der Waals surface area contributed by atoms with E-state index in [1.165, 1.54) is 0 Å². The maximum atomic E-state index is 12.8. The van der Waals surface area contributed by atoms with Crippen molar-refractivity contribution in [1.82, 2.24) is 4.90 Å². The lowest BCUT2D eigenvalue weighted by atomic mass is 10.2. The molecule has 0 aliphatic carbocycles. The molecular weight excluding hydrogens is 428 g/mol. The molecule has 1 aliphatic heterocycles. The van der Waals surface area contributed by atoms with Gasteiger partial charge in [-0.3, -0.25) is 0 Å². The molecule has 32 heavy (non-hydrogen) atoms. The summed E-state index contributed by atoms with van der Waals surface area (Å²) < 4.78 is 0. The van der Waals surface area contributed by atoms with Crippen LogP contribution in [0.4, 0.5) is 21.9 Å². The van der Waals surface area contributed by atoms with E-state index < -0.39 is 5.97 Å². The van der Waals surface area contributed by atoms with Crippen LogP contribution in [0.15, 0.2) is 60.7 Å². The van der Waals surface area contributed by atoms with E-state index in [2.05, 4.69) is 10.2 Å². The lowest BCUT2D eigenvalue weighted by Gasteiger charge is -2.36. The SMILES string of the molecule is CO[NH2+]c1ccc(N2CCN(C(=O)Nc3cc(-c4ccccc4)sc3C(=O)O)CC2)cc1. The number of aromatic carboxylic acids is 1. The zero-order chi connectivity index (χ0) is 22.5. The number of nitrogens with one attached hydrogen (secondary N) is 1. The molecule has 8 nitrogen and oxygen atoms in total. The summed E-state index contributed by atoms with van der Waals surface area (Å²) in [5, 5.41) is 12.4. The maximum Gasteiger partial charge on any atom is 0.348 e. The molecule has 1 fully saturated rings. The second-order valence-electron chi connectivity index (χ2n) is 7.37. The summed E-state index contributed by atoms with van der Waals surface area (Å²) >= 11 is 1.16. The summed E-state index contributed by atoms with van der Waals surface area (Å²) in [6.07, 6.45) is 0. The van der Waals surface area contributed by atoms with Gasteiger partial charge in [0.15, 0.2) is 5.69 Å². The number of quaternary nitrogens is 1. The molecule has 0 spiro atoms. The highest BCUT2D eigenvalue weighted by Crippen LogP contribution is 2.35. The fourth-order valence-corrected chi connectivity index (χ4v) is 4.61. The van der Waals surface area contributed by atoms with Crippen LogP contribution in [-0.2, 0) is 4.84 Å². The molecule has 0 unspecified atom stereocenters. The van der Waals surface area contributed by atoms with Crippen LogP contribution in [-0.4, -0.2) is 55.3 Å². The maximum absolute atomic E-state index is 12.8. The minimum Gasteiger partial charge on any atom is -0.477 e. The summed E-state index contributed by atoms with van der Waals surface area (Å²) in [5.41, 5.74) is 5.03. The third kappa shape index (κ3) is 4.91. The number of carboxylic acids is 1. The van der Waals surface area contributed by atoms with Crippen molar-refractivity contribution in [2.45, 2.75) is 0 Å². The average Bonchev–Trinajstić information content (AvgIpc) is 3.25. The lowest BCUT2D eigenvalue weighted by molar-refractivity contribution is -0.830. The van der Waals surface area contributed by atoms with E-state index in [1.807, 2.05) is 54.6 Å². The summed E-state index contributed by atoms with van der Waals surface area (Å²) in [5.74, 6) is -1.05. The van der Waals surface area contributed by atoms with Crippen LogP contribution in [0.3, 0.4) is 0 Å². The van der Waals surface area contributed by atoms with E-state index in [0.717, 1.165) is 33.2 Å². The second-order valence-corrected chi connectivity index (χ2v) is 8.43. The fraction of sp³-hybridized carbons (Fsp3) is 0.217. The van der Waals surface area contributed by atoms with E-state index in [-0.39, 0.29) is 10.9 Å². The van der Waals surface area contributed by atoms with Crippen LogP contribution < -0.4 is 15.7 Å². The number of thiophene rings is 1. The molecule has 2 heterocycles. The lowest BCUT2D eigenvalue weighted by Crippen LogP contribution is -2.75. The number of hydrogen-bond acceptors (Lipinski definition) is 5. The van der Waals surface area contributed by atoms with Gasteiger partial charge in [0.1, 0.15) is 4.88 Å². The Balaban J connectivity index is 1.40. The van der Waals surface area contributed by atoms with Gasteiger partial charge < -0.3 is 20.2 Å². The highest BCUT2D eigenvalue weighted by Gasteiger charge is 2.24. The minimum absolute atomic E-state index is 0.129. The molecule has 9 heteroatoms. The largest absolute Gasteiger partial charge is 0.477 e. The van der Waals surface area contributed by atoms with Crippen molar-refractivity contribution in [2.24, 2.45) is 0 Å². The zero-order valence-electron chi connectivity index (χ0n) is 17.7. The molecule has 166 valence electrons. The Morgan fingerprint density at radius 3 is 2.34 bits per heavy atom. The number of carbonyl (C=O) groups excluding carboxylic acids is 1. The third-order valence-corrected chi connectivity index (χ3v) is 6.48. The van der Waals surface area contributed by atoms with Gasteiger partial charge in [0, 0.05) is 48.9 Å². The Hall–Kier alpha value is -3.40. The number of piperazine rings is 1. The number of amides is 2. The van der Waals surface area contributed by atoms with Gasteiger partial charge in [0.2, 0.25) is 0 Å². The molecule has 2 aromatic carbocycles. The molecule has 4 rings (SSSR count). The van der Waals surface area contributed by atoms with Crippen LogP contribution in [0.25, 0.3) is 10.4 Å². The molecular formula is C23H25N4O4S+.